The minimum atomic E-state index is -3.15. The van der Waals surface area contributed by atoms with Gasteiger partial charge in [0.05, 0.1) is 17.3 Å². The van der Waals surface area contributed by atoms with E-state index >= 15 is 0 Å². The number of carbonyl (C=O) groups excluding carboxylic acids is 1. The summed E-state index contributed by atoms with van der Waals surface area (Å²) in [5.41, 5.74) is 0. The van der Waals surface area contributed by atoms with Crippen molar-refractivity contribution in [2.45, 2.75) is 32.2 Å². The molecule has 0 spiro atoms. The molecule has 1 N–H and O–H groups in total. The molecule has 0 aromatic heterocycles. The van der Waals surface area contributed by atoms with E-state index in [0.29, 0.717) is 13.0 Å². The predicted octanol–water partition coefficient (Wildman–Crippen LogP) is -0.453. The van der Waals surface area contributed by atoms with Crippen LogP contribution < -0.4 is 5.32 Å². The molecule has 6 nitrogen and oxygen atoms in total. The Kier molecular flexibility index (Phi) is 5.94. The van der Waals surface area contributed by atoms with E-state index in [1.54, 1.807) is 6.92 Å². The Morgan fingerprint density at radius 2 is 2.00 bits per heavy atom. The average molecular weight is 311 g/mol. The fraction of sp³-hybridized carbons (Fsp3) is 0.909. The molecule has 0 radical (unpaired) electrons. The van der Waals surface area contributed by atoms with Crippen LogP contribution in [0.15, 0.2) is 0 Å². The van der Waals surface area contributed by atoms with Crippen LogP contribution in [0.25, 0.3) is 0 Å². The number of hydrogen-bond donors (Lipinski definition) is 1. The molecule has 0 aromatic rings. The molecule has 8 heteroatoms. The van der Waals surface area contributed by atoms with E-state index in [0.717, 1.165) is 0 Å². The van der Waals surface area contributed by atoms with Crippen LogP contribution in [-0.2, 0) is 24.5 Å². The van der Waals surface area contributed by atoms with Gasteiger partial charge in [-0.25, -0.2) is 16.8 Å². The molecule has 1 rings (SSSR count). The highest BCUT2D eigenvalue weighted by atomic mass is 32.2. The van der Waals surface area contributed by atoms with Gasteiger partial charge in [0, 0.05) is 31.2 Å². The van der Waals surface area contributed by atoms with Crippen LogP contribution in [0.1, 0.15) is 26.2 Å². The van der Waals surface area contributed by atoms with Crippen molar-refractivity contribution in [1.29, 1.82) is 0 Å². The Morgan fingerprint density at radius 1 is 1.32 bits per heavy atom. The molecular formula is C11H21NO5S2. The maximum Gasteiger partial charge on any atom is 0.153 e. The molecule has 0 bridgehead atoms. The largest absolute Gasteiger partial charge is 0.312 e. The molecule has 1 aliphatic rings. The first-order valence-electron chi connectivity index (χ1n) is 6.40. The van der Waals surface area contributed by atoms with Gasteiger partial charge >= 0.3 is 0 Å². The van der Waals surface area contributed by atoms with Crippen molar-refractivity contribution in [1.82, 2.24) is 5.32 Å². The van der Waals surface area contributed by atoms with Gasteiger partial charge < -0.3 is 5.32 Å². The molecule has 1 atom stereocenters. The van der Waals surface area contributed by atoms with Crippen LogP contribution in [0.5, 0.6) is 0 Å². The van der Waals surface area contributed by atoms with E-state index < -0.39 is 19.7 Å². The smallest absolute Gasteiger partial charge is 0.153 e. The first-order chi connectivity index (χ1) is 8.74. The predicted molar refractivity (Wildman–Crippen MR) is 73.6 cm³/mol. The summed E-state index contributed by atoms with van der Waals surface area (Å²) >= 11 is 0. The Bertz CT molecular complexity index is 509. The van der Waals surface area contributed by atoms with Crippen LogP contribution in [0.4, 0.5) is 0 Å². The molecule has 1 unspecified atom stereocenters. The molecule has 0 amide bonds. The summed E-state index contributed by atoms with van der Waals surface area (Å²) in [6.45, 7) is 2.13. The summed E-state index contributed by atoms with van der Waals surface area (Å²) < 4.78 is 45.7. The third-order valence-electron chi connectivity index (χ3n) is 2.98. The van der Waals surface area contributed by atoms with Crippen LogP contribution in [-0.4, -0.2) is 58.2 Å². The Hall–Kier alpha value is -0.470. The zero-order valence-corrected chi connectivity index (χ0v) is 12.7. The van der Waals surface area contributed by atoms with Gasteiger partial charge in [0.1, 0.15) is 5.78 Å². The van der Waals surface area contributed by atoms with Gasteiger partial charge in [-0.15, -0.1) is 0 Å². The molecule has 0 aliphatic carbocycles. The Balaban J connectivity index is 2.40. The van der Waals surface area contributed by atoms with Crippen molar-refractivity contribution in [2.75, 3.05) is 29.6 Å². The van der Waals surface area contributed by atoms with Crippen molar-refractivity contribution in [2.24, 2.45) is 0 Å². The number of nitrogens with one attached hydrogen (secondary N) is 1. The second kappa shape index (κ2) is 6.81. The number of sulfone groups is 2. The highest BCUT2D eigenvalue weighted by molar-refractivity contribution is 7.91. The number of hydrogen-bond acceptors (Lipinski definition) is 6. The highest BCUT2D eigenvalue weighted by Gasteiger charge is 2.26. The summed E-state index contributed by atoms with van der Waals surface area (Å²) in [4.78, 5) is 11.7. The van der Waals surface area contributed by atoms with Crippen LogP contribution >= 0.6 is 0 Å². The minimum absolute atomic E-state index is 0.0272. The molecule has 1 aliphatic heterocycles. The van der Waals surface area contributed by atoms with Gasteiger partial charge in [-0.3, -0.25) is 4.79 Å². The standard InChI is InChI=1S/C11H21NO5S2/c1-2-5-18(14,15)6-3-11(13)8-10-9-19(16,17)7-4-12-10/h10,12H,2-9H2,1H3. The molecular weight excluding hydrogens is 290 g/mol. The molecule has 1 heterocycles. The van der Waals surface area contributed by atoms with Crippen LogP contribution in [0, 0.1) is 0 Å². The number of rotatable bonds is 7. The second-order valence-corrected chi connectivity index (χ2v) is 9.44. The van der Waals surface area contributed by atoms with Gasteiger partial charge in [0.25, 0.3) is 0 Å². The third-order valence-corrected chi connectivity index (χ3v) is 6.58. The summed E-state index contributed by atoms with van der Waals surface area (Å²) in [7, 11) is -6.21. The normalized spacial score (nSPS) is 23.1. The maximum absolute atomic E-state index is 11.7. The molecule has 0 saturated carbocycles. The fourth-order valence-electron chi connectivity index (χ4n) is 2.06. The quantitative estimate of drug-likeness (QED) is 0.684. The van der Waals surface area contributed by atoms with Crippen molar-refractivity contribution in [3.63, 3.8) is 0 Å². The maximum atomic E-state index is 11.7. The monoisotopic (exact) mass is 311 g/mol. The van der Waals surface area contributed by atoms with Gasteiger partial charge in [0.2, 0.25) is 0 Å². The lowest BCUT2D eigenvalue weighted by molar-refractivity contribution is -0.119. The molecule has 112 valence electrons. The van der Waals surface area contributed by atoms with Gasteiger partial charge in [-0.05, 0) is 6.42 Å². The summed E-state index contributed by atoms with van der Waals surface area (Å²) in [6, 6.07) is -0.375. The summed E-state index contributed by atoms with van der Waals surface area (Å²) in [5, 5.41) is 2.98. The molecule has 1 fully saturated rings. The number of ketones is 1. The third kappa shape index (κ3) is 6.49. The number of Topliss-reactive ketones (excluding diaryl/α,β-unsaturated/α-hetero) is 1. The van der Waals surface area contributed by atoms with Gasteiger partial charge in [-0.1, -0.05) is 6.92 Å². The number of carbonyl (C=O) groups is 1. The van der Waals surface area contributed by atoms with E-state index in [1.165, 1.54) is 0 Å². The lowest BCUT2D eigenvalue weighted by atomic mass is 10.1. The molecule has 19 heavy (non-hydrogen) atoms. The SMILES string of the molecule is CCCS(=O)(=O)CCC(=O)CC1CS(=O)(=O)CCN1. The summed E-state index contributed by atoms with van der Waals surface area (Å²) in [6.07, 6.45) is 0.598. The zero-order valence-electron chi connectivity index (χ0n) is 11.1. The minimum Gasteiger partial charge on any atom is -0.312 e. The summed E-state index contributed by atoms with van der Waals surface area (Å²) in [5.74, 6) is -0.187. The molecule has 1 saturated heterocycles. The van der Waals surface area contributed by atoms with Gasteiger partial charge in [0.15, 0.2) is 19.7 Å². The van der Waals surface area contributed by atoms with Crippen LogP contribution in [0.3, 0.4) is 0 Å². The van der Waals surface area contributed by atoms with Crippen molar-refractivity contribution >= 4 is 25.5 Å². The topological polar surface area (TPSA) is 97.4 Å². The highest BCUT2D eigenvalue weighted by Crippen LogP contribution is 2.07. The van der Waals surface area contributed by atoms with Gasteiger partial charge in [-0.2, -0.15) is 0 Å². The lowest BCUT2D eigenvalue weighted by Crippen LogP contribution is -2.46. The first kappa shape index (κ1) is 16.6. The van der Waals surface area contributed by atoms with E-state index in [1.807, 2.05) is 0 Å². The fourth-order valence-corrected chi connectivity index (χ4v) is 4.87. The van der Waals surface area contributed by atoms with E-state index in [-0.39, 0.29) is 47.7 Å². The van der Waals surface area contributed by atoms with Crippen molar-refractivity contribution < 1.29 is 21.6 Å². The van der Waals surface area contributed by atoms with Crippen molar-refractivity contribution in [3.8, 4) is 0 Å². The second-order valence-electron chi connectivity index (χ2n) is 4.91. The van der Waals surface area contributed by atoms with Crippen molar-refractivity contribution in [3.05, 3.63) is 0 Å². The zero-order chi connectivity index (χ0) is 14.5. The lowest BCUT2D eigenvalue weighted by Gasteiger charge is -2.22. The van der Waals surface area contributed by atoms with E-state index in [9.17, 15) is 21.6 Å². The van der Waals surface area contributed by atoms with E-state index in [4.69, 9.17) is 0 Å². The molecule has 0 aromatic carbocycles. The van der Waals surface area contributed by atoms with Crippen LogP contribution in [0.2, 0.25) is 0 Å². The Morgan fingerprint density at radius 3 is 2.58 bits per heavy atom. The average Bonchev–Trinajstić information content (AvgIpc) is 2.25. The van der Waals surface area contributed by atoms with E-state index in [2.05, 4.69) is 5.32 Å². The Labute approximate surface area is 114 Å². The first-order valence-corrected chi connectivity index (χ1v) is 10.0.